The Hall–Kier alpha value is -2.38. The standard InChI is InChI=1S/C19H18BrN3O2S/c1-11-16(18(24)22-14-9-5-6-10-15(14)25-2)17(23-19(26)21-11)12-7-3-4-8-13(12)20/h3-10,17H,1-2H3,(H,22,24)(H2,21,23,26)/t17-/m1/s1. The molecule has 0 aliphatic carbocycles. The van der Waals surface area contributed by atoms with Crippen LogP contribution in [-0.4, -0.2) is 18.1 Å². The number of halogens is 1. The van der Waals surface area contributed by atoms with Crippen LogP contribution < -0.4 is 20.7 Å². The van der Waals surface area contributed by atoms with Crippen molar-refractivity contribution >= 4 is 44.9 Å². The summed E-state index contributed by atoms with van der Waals surface area (Å²) >= 11 is 8.85. The van der Waals surface area contributed by atoms with Gasteiger partial charge in [-0.15, -0.1) is 0 Å². The third-order valence-electron chi connectivity index (χ3n) is 4.09. The molecule has 0 fully saturated rings. The van der Waals surface area contributed by atoms with Crippen LogP contribution in [0.3, 0.4) is 0 Å². The van der Waals surface area contributed by atoms with E-state index in [2.05, 4.69) is 31.9 Å². The third kappa shape index (κ3) is 3.73. The number of carbonyl (C=O) groups excluding carboxylic acids is 1. The van der Waals surface area contributed by atoms with Crippen LogP contribution in [0, 0.1) is 0 Å². The van der Waals surface area contributed by atoms with E-state index in [4.69, 9.17) is 17.0 Å². The maximum Gasteiger partial charge on any atom is 0.255 e. The monoisotopic (exact) mass is 431 g/mol. The van der Waals surface area contributed by atoms with E-state index in [1.54, 1.807) is 19.2 Å². The molecule has 3 N–H and O–H groups in total. The van der Waals surface area contributed by atoms with Crippen molar-refractivity contribution in [3.8, 4) is 5.75 Å². The normalized spacial score (nSPS) is 16.6. The van der Waals surface area contributed by atoms with Gasteiger partial charge in [-0.25, -0.2) is 0 Å². The Balaban J connectivity index is 1.99. The summed E-state index contributed by atoms with van der Waals surface area (Å²) in [5, 5.41) is 9.64. The Morgan fingerprint density at radius 2 is 1.88 bits per heavy atom. The molecule has 1 amide bonds. The van der Waals surface area contributed by atoms with E-state index in [0.717, 1.165) is 10.0 Å². The minimum Gasteiger partial charge on any atom is -0.495 e. The number of benzene rings is 2. The zero-order valence-electron chi connectivity index (χ0n) is 14.3. The SMILES string of the molecule is COc1ccccc1NC(=O)C1=C(C)NC(=S)N[C@@H]1c1ccccc1Br. The molecule has 0 unspecified atom stereocenters. The molecule has 0 saturated carbocycles. The fourth-order valence-electron chi connectivity index (χ4n) is 2.87. The van der Waals surface area contributed by atoms with Crippen LogP contribution in [0.4, 0.5) is 5.69 Å². The largest absolute Gasteiger partial charge is 0.495 e. The number of nitrogens with one attached hydrogen (secondary N) is 3. The first kappa shape index (κ1) is 18.4. The molecule has 5 nitrogen and oxygen atoms in total. The van der Waals surface area contributed by atoms with Crippen molar-refractivity contribution in [3.63, 3.8) is 0 Å². The number of para-hydroxylation sites is 2. The van der Waals surface area contributed by atoms with Crippen LogP contribution in [0.15, 0.2) is 64.3 Å². The molecule has 2 aromatic carbocycles. The van der Waals surface area contributed by atoms with Gasteiger partial charge in [0, 0.05) is 10.2 Å². The van der Waals surface area contributed by atoms with Crippen LogP contribution in [0.5, 0.6) is 5.75 Å². The fraction of sp³-hybridized carbons (Fsp3) is 0.158. The molecule has 0 saturated heterocycles. The number of hydrogen-bond acceptors (Lipinski definition) is 3. The highest BCUT2D eigenvalue weighted by atomic mass is 79.9. The molecule has 1 atom stereocenters. The summed E-state index contributed by atoms with van der Waals surface area (Å²) in [6.07, 6.45) is 0. The second-order valence-corrected chi connectivity index (χ2v) is 7.01. The minimum atomic E-state index is -0.367. The molecule has 0 aromatic heterocycles. The van der Waals surface area contributed by atoms with Crippen molar-refractivity contribution in [2.45, 2.75) is 13.0 Å². The Kier molecular flexibility index (Phi) is 5.58. The van der Waals surface area contributed by atoms with E-state index in [1.807, 2.05) is 43.3 Å². The van der Waals surface area contributed by atoms with Gasteiger partial charge in [0.1, 0.15) is 5.75 Å². The first-order valence-electron chi connectivity index (χ1n) is 7.98. The van der Waals surface area contributed by atoms with E-state index >= 15 is 0 Å². The van der Waals surface area contributed by atoms with E-state index < -0.39 is 0 Å². The van der Waals surface area contributed by atoms with Crippen molar-refractivity contribution < 1.29 is 9.53 Å². The van der Waals surface area contributed by atoms with E-state index in [9.17, 15) is 4.79 Å². The number of hydrogen-bond donors (Lipinski definition) is 3. The maximum atomic E-state index is 13.1. The minimum absolute atomic E-state index is 0.227. The highest BCUT2D eigenvalue weighted by Gasteiger charge is 2.31. The van der Waals surface area contributed by atoms with Gasteiger partial charge in [-0.2, -0.15) is 0 Å². The summed E-state index contributed by atoms with van der Waals surface area (Å²) in [6.45, 7) is 1.84. The van der Waals surface area contributed by atoms with E-state index in [-0.39, 0.29) is 11.9 Å². The van der Waals surface area contributed by atoms with Crippen molar-refractivity contribution in [2.24, 2.45) is 0 Å². The molecule has 3 rings (SSSR count). The van der Waals surface area contributed by atoms with Crippen LogP contribution in [0.1, 0.15) is 18.5 Å². The Morgan fingerprint density at radius 1 is 1.19 bits per heavy atom. The van der Waals surface area contributed by atoms with Crippen LogP contribution >= 0.6 is 28.1 Å². The van der Waals surface area contributed by atoms with Crippen molar-refractivity contribution in [1.29, 1.82) is 0 Å². The number of allylic oxidation sites excluding steroid dienone is 1. The molecule has 2 aromatic rings. The summed E-state index contributed by atoms with van der Waals surface area (Å²) in [5.41, 5.74) is 2.82. The van der Waals surface area contributed by atoms with Gasteiger partial charge in [0.05, 0.1) is 24.4 Å². The zero-order chi connectivity index (χ0) is 18.7. The number of methoxy groups -OCH3 is 1. The lowest BCUT2D eigenvalue weighted by atomic mass is 9.95. The molecule has 1 aliphatic heterocycles. The lowest BCUT2D eigenvalue weighted by Gasteiger charge is -2.31. The number of rotatable bonds is 4. The quantitative estimate of drug-likeness (QED) is 0.640. The molecular formula is C19H18BrN3O2S. The van der Waals surface area contributed by atoms with Crippen molar-refractivity contribution in [3.05, 3.63) is 69.8 Å². The van der Waals surface area contributed by atoms with E-state index in [0.29, 0.717) is 27.8 Å². The van der Waals surface area contributed by atoms with Gasteiger partial charge in [0.15, 0.2) is 5.11 Å². The third-order valence-corrected chi connectivity index (χ3v) is 5.03. The highest BCUT2D eigenvalue weighted by Crippen LogP contribution is 2.33. The second-order valence-electron chi connectivity index (χ2n) is 5.75. The molecule has 7 heteroatoms. The lowest BCUT2D eigenvalue weighted by molar-refractivity contribution is -0.113. The molecular weight excluding hydrogens is 414 g/mol. The van der Waals surface area contributed by atoms with Gasteiger partial charge >= 0.3 is 0 Å². The van der Waals surface area contributed by atoms with Crippen LogP contribution in [0.25, 0.3) is 0 Å². The van der Waals surface area contributed by atoms with Crippen LogP contribution in [-0.2, 0) is 4.79 Å². The summed E-state index contributed by atoms with van der Waals surface area (Å²) in [6, 6.07) is 14.7. The Morgan fingerprint density at radius 3 is 2.62 bits per heavy atom. The predicted molar refractivity (Wildman–Crippen MR) is 110 cm³/mol. The van der Waals surface area contributed by atoms with Crippen LogP contribution in [0.2, 0.25) is 0 Å². The molecule has 0 bridgehead atoms. The number of ether oxygens (including phenoxy) is 1. The number of thiocarbonyl (C=S) groups is 1. The second kappa shape index (κ2) is 7.88. The molecule has 26 heavy (non-hydrogen) atoms. The first-order valence-corrected chi connectivity index (χ1v) is 9.18. The van der Waals surface area contributed by atoms with Crippen molar-refractivity contribution in [1.82, 2.24) is 10.6 Å². The first-order chi connectivity index (χ1) is 12.5. The van der Waals surface area contributed by atoms with Gasteiger partial charge in [-0.05, 0) is 42.9 Å². The highest BCUT2D eigenvalue weighted by molar-refractivity contribution is 9.10. The molecule has 0 radical (unpaired) electrons. The zero-order valence-corrected chi connectivity index (χ0v) is 16.7. The summed E-state index contributed by atoms with van der Waals surface area (Å²) in [5.74, 6) is 0.374. The van der Waals surface area contributed by atoms with Gasteiger partial charge in [0.25, 0.3) is 5.91 Å². The van der Waals surface area contributed by atoms with Crippen molar-refractivity contribution in [2.75, 3.05) is 12.4 Å². The number of anilines is 1. The molecule has 1 aliphatic rings. The smallest absolute Gasteiger partial charge is 0.255 e. The topological polar surface area (TPSA) is 62.4 Å². The molecule has 0 spiro atoms. The van der Waals surface area contributed by atoms with E-state index in [1.165, 1.54) is 0 Å². The van der Waals surface area contributed by atoms with Gasteiger partial charge in [-0.3, -0.25) is 4.79 Å². The average molecular weight is 432 g/mol. The Labute approximate surface area is 165 Å². The summed E-state index contributed by atoms with van der Waals surface area (Å²) in [4.78, 5) is 13.1. The molecule has 1 heterocycles. The summed E-state index contributed by atoms with van der Waals surface area (Å²) < 4.78 is 6.22. The lowest BCUT2D eigenvalue weighted by Crippen LogP contribution is -2.45. The van der Waals surface area contributed by atoms with Gasteiger partial charge in [-0.1, -0.05) is 46.3 Å². The average Bonchev–Trinajstić information content (AvgIpc) is 2.61. The van der Waals surface area contributed by atoms with Gasteiger partial charge < -0.3 is 20.7 Å². The van der Waals surface area contributed by atoms with Gasteiger partial charge in [0.2, 0.25) is 0 Å². The molecule has 134 valence electrons. The maximum absolute atomic E-state index is 13.1. The fourth-order valence-corrected chi connectivity index (χ4v) is 3.66. The summed E-state index contributed by atoms with van der Waals surface area (Å²) in [7, 11) is 1.57. The number of carbonyl (C=O) groups is 1. The predicted octanol–water partition coefficient (Wildman–Crippen LogP) is 3.89. The number of amides is 1. The Bertz CT molecular complexity index is 898.